The summed E-state index contributed by atoms with van der Waals surface area (Å²) in [6.45, 7) is 0.0730. The Balaban J connectivity index is 1.55. The van der Waals surface area contributed by atoms with E-state index >= 15 is 0 Å². The van der Waals surface area contributed by atoms with Gasteiger partial charge < -0.3 is 14.3 Å². The van der Waals surface area contributed by atoms with E-state index in [2.05, 4.69) is 10.2 Å². The Morgan fingerprint density at radius 2 is 1.67 bits per heavy atom. The molecule has 0 unspecified atom stereocenters. The van der Waals surface area contributed by atoms with Crippen LogP contribution in [-0.2, 0) is 18.1 Å². The van der Waals surface area contributed by atoms with E-state index < -0.39 is 0 Å². The van der Waals surface area contributed by atoms with E-state index in [-0.39, 0.29) is 6.61 Å². The van der Waals surface area contributed by atoms with Gasteiger partial charge in [0.2, 0.25) is 11.8 Å². The molecule has 1 N–H and O–H groups in total. The largest absolute Gasteiger partial charge is 0.497 e. The first-order valence-electron chi connectivity index (χ1n) is 7.51. The number of hydrogen-bond donors (Lipinski definition) is 1. The van der Waals surface area contributed by atoms with Crippen molar-refractivity contribution in [1.82, 2.24) is 10.2 Å². The van der Waals surface area contributed by atoms with E-state index in [1.807, 2.05) is 48.5 Å². The highest BCUT2D eigenvalue weighted by Gasteiger charge is 2.09. The molecule has 0 aliphatic heterocycles. The van der Waals surface area contributed by atoms with Crippen LogP contribution < -0.4 is 4.74 Å². The highest BCUT2D eigenvalue weighted by atomic mass is 32.2. The van der Waals surface area contributed by atoms with Gasteiger partial charge in [-0.15, -0.1) is 22.0 Å². The molecule has 3 rings (SSSR count). The fourth-order valence-electron chi connectivity index (χ4n) is 2.16. The van der Waals surface area contributed by atoms with Crippen LogP contribution in [-0.4, -0.2) is 22.4 Å². The maximum Gasteiger partial charge on any atom is 0.247 e. The second-order valence-electron chi connectivity index (χ2n) is 5.20. The van der Waals surface area contributed by atoms with Gasteiger partial charge in [-0.2, -0.15) is 0 Å². The molecular formula is C18H18N2O3S. The monoisotopic (exact) mass is 342 g/mol. The molecule has 6 heteroatoms. The standard InChI is InChI=1S/C18H18N2O3S/c1-22-16-8-6-15(7-9-16)18-20-19-17(23-18)12-24-11-14-4-2-13(10-21)3-5-14/h2-9,21H,10-12H2,1H3. The summed E-state index contributed by atoms with van der Waals surface area (Å²) in [7, 11) is 1.63. The molecule has 1 aromatic heterocycles. The summed E-state index contributed by atoms with van der Waals surface area (Å²) in [6.07, 6.45) is 0. The SMILES string of the molecule is COc1ccc(-c2nnc(CSCc3ccc(CO)cc3)o2)cc1. The van der Waals surface area contributed by atoms with Gasteiger partial charge in [0.1, 0.15) is 5.75 Å². The van der Waals surface area contributed by atoms with E-state index in [1.165, 1.54) is 5.56 Å². The lowest BCUT2D eigenvalue weighted by Crippen LogP contribution is -1.86. The van der Waals surface area contributed by atoms with Crippen LogP contribution in [0.3, 0.4) is 0 Å². The topological polar surface area (TPSA) is 68.4 Å². The lowest BCUT2D eigenvalue weighted by molar-refractivity contribution is 0.282. The number of aliphatic hydroxyl groups is 1. The minimum absolute atomic E-state index is 0.0730. The molecule has 0 radical (unpaired) electrons. The van der Waals surface area contributed by atoms with Crippen LogP contribution in [0.5, 0.6) is 5.75 Å². The van der Waals surface area contributed by atoms with Crippen LogP contribution in [0.15, 0.2) is 52.9 Å². The van der Waals surface area contributed by atoms with Gasteiger partial charge in [0.05, 0.1) is 19.5 Å². The zero-order valence-corrected chi connectivity index (χ0v) is 14.1. The quantitative estimate of drug-likeness (QED) is 0.706. The van der Waals surface area contributed by atoms with Gasteiger partial charge in [0.25, 0.3) is 0 Å². The number of nitrogens with zero attached hydrogens (tertiary/aromatic N) is 2. The third kappa shape index (κ3) is 4.15. The molecule has 124 valence electrons. The van der Waals surface area contributed by atoms with Crippen molar-refractivity contribution in [3.63, 3.8) is 0 Å². The summed E-state index contributed by atoms with van der Waals surface area (Å²) in [5, 5.41) is 17.2. The van der Waals surface area contributed by atoms with Crippen molar-refractivity contribution in [2.75, 3.05) is 7.11 Å². The number of methoxy groups -OCH3 is 1. The van der Waals surface area contributed by atoms with Crippen LogP contribution >= 0.6 is 11.8 Å². The second kappa shape index (κ2) is 7.99. The Hall–Kier alpha value is -2.31. The number of ether oxygens (including phenoxy) is 1. The first-order valence-corrected chi connectivity index (χ1v) is 8.67. The Kier molecular flexibility index (Phi) is 5.51. The number of aromatic nitrogens is 2. The lowest BCUT2D eigenvalue weighted by atomic mass is 10.2. The Bertz CT molecular complexity index is 770. The van der Waals surface area contributed by atoms with Crippen molar-refractivity contribution in [1.29, 1.82) is 0 Å². The molecule has 5 nitrogen and oxygen atoms in total. The molecule has 2 aromatic carbocycles. The number of benzene rings is 2. The maximum atomic E-state index is 9.04. The highest BCUT2D eigenvalue weighted by molar-refractivity contribution is 7.97. The summed E-state index contributed by atoms with van der Waals surface area (Å²) >= 11 is 1.71. The van der Waals surface area contributed by atoms with Gasteiger partial charge >= 0.3 is 0 Å². The van der Waals surface area contributed by atoms with E-state index in [1.54, 1.807) is 18.9 Å². The van der Waals surface area contributed by atoms with Gasteiger partial charge in [0, 0.05) is 11.3 Å². The van der Waals surface area contributed by atoms with Gasteiger partial charge in [-0.25, -0.2) is 0 Å². The van der Waals surface area contributed by atoms with Crippen molar-refractivity contribution in [2.45, 2.75) is 18.1 Å². The van der Waals surface area contributed by atoms with E-state index in [0.29, 0.717) is 17.5 Å². The molecule has 1 heterocycles. The van der Waals surface area contributed by atoms with Gasteiger partial charge in [-0.05, 0) is 35.4 Å². The van der Waals surface area contributed by atoms with Crippen molar-refractivity contribution >= 4 is 11.8 Å². The number of hydrogen-bond acceptors (Lipinski definition) is 6. The summed E-state index contributed by atoms with van der Waals surface area (Å²) in [5.41, 5.74) is 3.00. The van der Waals surface area contributed by atoms with Gasteiger partial charge in [-0.1, -0.05) is 24.3 Å². The van der Waals surface area contributed by atoms with E-state index in [9.17, 15) is 0 Å². The van der Waals surface area contributed by atoms with Crippen LogP contribution in [0.4, 0.5) is 0 Å². The van der Waals surface area contributed by atoms with E-state index in [4.69, 9.17) is 14.3 Å². The number of rotatable bonds is 7. The van der Waals surface area contributed by atoms with Crippen molar-refractivity contribution in [2.24, 2.45) is 0 Å². The minimum Gasteiger partial charge on any atom is -0.497 e. The summed E-state index contributed by atoms with van der Waals surface area (Å²) in [6, 6.07) is 15.4. The van der Waals surface area contributed by atoms with Crippen molar-refractivity contribution < 1.29 is 14.3 Å². The molecule has 0 saturated carbocycles. The fraction of sp³-hybridized carbons (Fsp3) is 0.222. The zero-order chi connectivity index (χ0) is 16.8. The summed E-state index contributed by atoms with van der Waals surface area (Å²) in [4.78, 5) is 0. The predicted octanol–water partition coefficient (Wildman–Crippen LogP) is 3.67. The molecular weight excluding hydrogens is 324 g/mol. The average molecular weight is 342 g/mol. The Labute approximate surface area is 144 Å². The first-order chi connectivity index (χ1) is 11.8. The fourth-order valence-corrected chi connectivity index (χ4v) is 2.98. The highest BCUT2D eigenvalue weighted by Crippen LogP contribution is 2.23. The minimum atomic E-state index is 0.0730. The van der Waals surface area contributed by atoms with Crippen LogP contribution in [0.2, 0.25) is 0 Å². The smallest absolute Gasteiger partial charge is 0.247 e. The average Bonchev–Trinajstić information content (AvgIpc) is 3.11. The normalized spacial score (nSPS) is 10.8. The van der Waals surface area contributed by atoms with E-state index in [0.717, 1.165) is 22.6 Å². The molecule has 0 spiro atoms. The third-order valence-corrected chi connectivity index (χ3v) is 4.49. The molecule has 0 atom stereocenters. The molecule has 0 bridgehead atoms. The molecule has 24 heavy (non-hydrogen) atoms. The van der Waals surface area contributed by atoms with Crippen LogP contribution in [0, 0.1) is 0 Å². The summed E-state index contributed by atoms with van der Waals surface area (Å²) in [5.74, 6) is 3.43. The Morgan fingerprint density at radius 1 is 0.958 bits per heavy atom. The second-order valence-corrected chi connectivity index (χ2v) is 6.18. The van der Waals surface area contributed by atoms with Crippen molar-refractivity contribution in [3.8, 4) is 17.2 Å². The van der Waals surface area contributed by atoms with Crippen LogP contribution in [0.25, 0.3) is 11.5 Å². The van der Waals surface area contributed by atoms with Crippen molar-refractivity contribution in [3.05, 3.63) is 65.5 Å². The number of thioether (sulfide) groups is 1. The third-order valence-electron chi connectivity index (χ3n) is 3.50. The predicted molar refractivity (Wildman–Crippen MR) is 93.6 cm³/mol. The summed E-state index contributed by atoms with van der Waals surface area (Å²) < 4.78 is 10.8. The van der Waals surface area contributed by atoms with Crippen LogP contribution in [0.1, 0.15) is 17.0 Å². The molecule has 0 saturated heterocycles. The maximum absolute atomic E-state index is 9.04. The first kappa shape index (κ1) is 16.5. The molecule has 0 fully saturated rings. The molecule has 0 amide bonds. The molecule has 0 aliphatic rings. The molecule has 0 aliphatic carbocycles. The number of aliphatic hydroxyl groups excluding tert-OH is 1. The van der Waals surface area contributed by atoms with Gasteiger partial charge in [-0.3, -0.25) is 0 Å². The lowest BCUT2D eigenvalue weighted by Gasteiger charge is -2.01. The van der Waals surface area contributed by atoms with Gasteiger partial charge in [0.15, 0.2) is 0 Å². The molecule has 3 aromatic rings. The Morgan fingerprint density at radius 3 is 2.33 bits per heavy atom. The zero-order valence-electron chi connectivity index (χ0n) is 13.3.